The van der Waals surface area contributed by atoms with Crippen LogP contribution in [0.3, 0.4) is 0 Å². The summed E-state index contributed by atoms with van der Waals surface area (Å²) >= 11 is 2.50. The zero-order chi connectivity index (χ0) is 35.9. The molecule has 4 atom stereocenters. The van der Waals surface area contributed by atoms with Gasteiger partial charge in [-0.2, -0.15) is 0 Å². The third kappa shape index (κ3) is 9.78. The quantitative estimate of drug-likeness (QED) is 0.246. The van der Waals surface area contributed by atoms with Crippen LogP contribution in [0, 0.1) is 12.3 Å². The van der Waals surface area contributed by atoms with E-state index in [1.807, 2.05) is 6.92 Å². The SMILES string of the molecule is Cc1ncsc1-c1ccc([C@@H]2NC(=O)[C@@H]3CCCN3C(=O)C(C(C)(C)C)NC(=O)CSC[C@H](C(N)=O)NC(=O)CNC(=O)CNC2=O)cc1. The Morgan fingerprint density at radius 1 is 0.918 bits per heavy atom. The van der Waals surface area contributed by atoms with Crippen molar-refractivity contribution in [3.8, 4) is 10.4 Å². The molecule has 7 N–H and O–H groups in total. The van der Waals surface area contributed by atoms with Crippen LogP contribution in [0.1, 0.15) is 50.9 Å². The van der Waals surface area contributed by atoms with Crippen molar-refractivity contribution in [2.45, 2.75) is 64.7 Å². The number of rotatable bonds is 3. The standard InChI is InChI=1S/C32H42N8O7S2/c1-17-26(49-16-36-17)19-9-7-18(8-10-19)25-30(46)35-12-22(41)34-13-23(42)37-20(28(33)44)14-48-15-24(43)38-27(32(2,3)4)31(47)40-11-5-6-21(40)29(45)39-25/h7-10,16,20-21,25,27H,5-6,11-15H2,1-4H3,(H2,33,44)(H,34,41)(H,35,46)(H,37,42)(H,38,43)(H,39,45)/t20-,21+,25+,27?/m1/s1. The Morgan fingerprint density at radius 2 is 1.61 bits per heavy atom. The van der Waals surface area contributed by atoms with Gasteiger partial charge in [-0.25, -0.2) is 4.98 Å². The Morgan fingerprint density at radius 3 is 2.24 bits per heavy atom. The first-order valence-electron chi connectivity index (χ1n) is 15.8. The van der Waals surface area contributed by atoms with Gasteiger partial charge >= 0.3 is 0 Å². The van der Waals surface area contributed by atoms with Crippen molar-refractivity contribution < 1.29 is 33.6 Å². The first kappa shape index (κ1) is 37.3. The number of nitrogens with two attached hydrogens (primary N) is 1. The number of hydrogen-bond acceptors (Lipinski definition) is 10. The van der Waals surface area contributed by atoms with E-state index in [0.717, 1.165) is 27.9 Å². The van der Waals surface area contributed by atoms with E-state index in [2.05, 4.69) is 31.6 Å². The van der Waals surface area contributed by atoms with Crippen LogP contribution in [0.5, 0.6) is 0 Å². The molecule has 2 aromatic rings. The molecule has 4 rings (SSSR count). The van der Waals surface area contributed by atoms with Crippen LogP contribution < -0.4 is 32.3 Å². The van der Waals surface area contributed by atoms with Gasteiger partial charge in [0, 0.05) is 12.3 Å². The number of nitrogens with one attached hydrogen (secondary N) is 5. The minimum Gasteiger partial charge on any atom is -0.368 e. The number of aryl methyl sites for hydroxylation is 1. The molecule has 2 fully saturated rings. The van der Waals surface area contributed by atoms with Crippen LogP contribution in [0.15, 0.2) is 29.8 Å². The van der Waals surface area contributed by atoms with Gasteiger partial charge in [-0.05, 0) is 36.3 Å². The molecular formula is C32H42N8O7S2. The van der Waals surface area contributed by atoms with E-state index in [-0.39, 0.29) is 18.1 Å². The number of fused-ring (bicyclic) bond motifs is 1. The molecule has 0 bridgehead atoms. The third-order valence-corrected chi connectivity index (χ3v) is 10.1. The number of benzene rings is 1. The summed E-state index contributed by atoms with van der Waals surface area (Å²) in [6, 6.07) is 2.72. The summed E-state index contributed by atoms with van der Waals surface area (Å²) in [6.45, 7) is 6.52. The molecule has 1 unspecified atom stereocenters. The monoisotopic (exact) mass is 714 g/mol. The number of nitrogens with zero attached hydrogens (tertiary/aromatic N) is 2. The maximum atomic E-state index is 14.0. The minimum absolute atomic E-state index is 0.0345. The fourth-order valence-electron chi connectivity index (χ4n) is 5.49. The van der Waals surface area contributed by atoms with E-state index >= 15 is 0 Å². The van der Waals surface area contributed by atoms with Crippen LogP contribution in [0.2, 0.25) is 0 Å². The Kier molecular flexibility index (Phi) is 12.4. The molecule has 15 nitrogen and oxygen atoms in total. The summed E-state index contributed by atoms with van der Waals surface area (Å²) in [5.41, 5.74) is 8.59. The highest BCUT2D eigenvalue weighted by Crippen LogP contribution is 2.29. The zero-order valence-corrected chi connectivity index (χ0v) is 29.4. The lowest BCUT2D eigenvalue weighted by molar-refractivity contribution is -0.144. The topological polar surface area (TPSA) is 222 Å². The number of primary amides is 1. The van der Waals surface area contributed by atoms with Crippen LogP contribution in [-0.2, 0) is 33.6 Å². The molecule has 2 aliphatic heterocycles. The number of aromatic nitrogens is 1. The van der Waals surface area contributed by atoms with Gasteiger partial charge in [0.05, 0.1) is 34.9 Å². The predicted octanol–water partition coefficient (Wildman–Crippen LogP) is -0.253. The summed E-state index contributed by atoms with van der Waals surface area (Å²) in [5, 5.41) is 12.9. The van der Waals surface area contributed by atoms with Crippen LogP contribution in [0.25, 0.3) is 10.4 Å². The average Bonchev–Trinajstić information content (AvgIpc) is 3.72. The third-order valence-electron chi connectivity index (χ3n) is 8.12. The van der Waals surface area contributed by atoms with E-state index in [1.165, 1.54) is 16.2 Å². The van der Waals surface area contributed by atoms with E-state index in [0.29, 0.717) is 18.4 Å². The fourth-order valence-corrected chi connectivity index (χ4v) is 7.17. The smallest absolute Gasteiger partial charge is 0.247 e. The van der Waals surface area contributed by atoms with Gasteiger partial charge in [-0.15, -0.1) is 23.1 Å². The molecule has 7 amide bonds. The Balaban J connectivity index is 1.64. The lowest BCUT2D eigenvalue weighted by Gasteiger charge is -2.35. The van der Waals surface area contributed by atoms with Gasteiger partial charge < -0.3 is 37.2 Å². The molecule has 0 saturated carbocycles. The lowest BCUT2D eigenvalue weighted by atomic mass is 9.85. The maximum absolute atomic E-state index is 14.0. The molecule has 3 heterocycles. The number of carbonyl (C=O) groups is 7. The molecule has 49 heavy (non-hydrogen) atoms. The molecule has 264 valence electrons. The molecule has 2 aliphatic rings. The van der Waals surface area contributed by atoms with Crippen molar-refractivity contribution in [2.75, 3.05) is 31.1 Å². The number of amides is 7. The molecule has 2 saturated heterocycles. The molecule has 1 aromatic carbocycles. The second-order valence-electron chi connectivity index (χ2n) is 12.9. The number of thiazole rings is 1. The van der Waals surface area contributed by atoms with Gasteiger partial charge in [0.25, 0.3) is 0 Å². The van der Waals surface area contributed by atoms with E-state index in [4.69, 9.17) is 5.73 Å². The Labute approximate surface area is 292 Å². The zero-order valence-electron chi connectivity index (χ0n) is 27.8. The highest BCUT2D eigenvalue weighted by atomic mass is 32.2. The van der Waals surface area contributed by atoms with Crippen molar-refractivity contribution in [1.29, 1.82) is 0 Å². The molecule has 1 aromatic heterocycles. The largest absolute Gasteiger partial charge is 0.368 e. The lowest BCUT2D eigenvalue weighted by Crippen LogP contribution is -2.58. The highest BCUT2D eigenvalue weighted by Gasteiger charge is 2.42. The first-order chi connectivity index (χ1) is 23.1. The molecular weight excluding hydrogens is 673 g/mol. The minimum atomic E-state index is -1.24. The van der Waals surface area contributed by atoms with Gasteiger partial charge in [-0.3, -0.25) is 33.6 Å². The predicted molar refractivity (Wildman–Crippen MR) is 184 cm³/mol. The van der Waals surface area contributed by atoms with E-state index in [1.54, 1.807) is 50.5 Å². The van der Waals surface area contributed by atoms with Gasteiger partial charge in [0.15, 0.2) is 0 Å². The number of hydrogen-bond donors (Lipinski definition) is 6. The van der Waals surface area contributed by atoms with Crippen molar-refractivity contribution >= 4 is 64.4 Å². The van der Waals surface area contributed by atoms with Gasteiger partial charge in [-0.1, -0.05) is 45.0 Å². The van der Waals surface area contributed by atoms with E-state index in [9.17, 15) is 33.6 Å². The molecule has 17 heteroatoms. The summed E-state index contributed by atoms with van der Waals surface area (Å²) in [4.78, 5) is 98.1. The van der Waals surface area contributed by atoms with Gasteiger partial charge in [0.2, 0.25) is 41.4 Å². The molecule has 0 radical (unpaired) electrons. The second-order valence-corrected chi connectivity index (χ2v) is 14.8. The number of thioether (sulfide) groups is 1. The fraction of sp³-hybridized carbons (Fsp3) is 0.500. The molecule has 0 aliphatic carbocycles. The van der Waals surface area contributed by atoms with Crippen LogP contribution >= 0.6 is 23.1 Å². The summed E-state index contributed by atoms with van der Waals surface area (Å²) in [5.74, 6) is -4.60. The van der Waals surface area contributed by atoms with Crippen LogP contribution in [0.4, 0.5) is 0 Å². The summed E-state index contributed by atoms with van der Waals surface area (Å²) in [6.07, 6.45) is 0.874. The van der Waals surface area contributed by atoms with Gasteiger partial charge in [0.1, 0.15) is 24.2 Å². The van der Waals surface area contributed by atoms with Crippen molar-refractivity contribution in [3.05, 3.63) is 41.0 Å². The Hall–Kier alpha value is -4.51. The second kappa shape index (κ2) is 16.3. The average molecular weight is 715 g/mol. The normalized spacial score (nSPS) is 24.0. The maximum Gasteiger partial charge on any atom is 0.247 e. The highest BCUT2D eigenvalue weighted by molar-refractivity contribution is 8.00. The van der Waals surface area contributed by atoms with Crippen molar-refractivity contribution in [1.82, 2.24) is 36.5 Å². The van der Waals surface area contributed by atoms with Crippen molar-refractivity contribution in [3.63, 3.8) is 0 Å². The summed E-state index contributed by atoms with van der Waals surface area (Å²) in [7, 11) is 0. The summed E-state index contributed by atoms with van der Waals surface area (Å²) < 4.78 is 0. The van der Waals surface area contributed by atoms with Crippen molar-refractivity contribution in [2.24, 2.45) is 11.1 Å². The first-order valence-corrected chi connectivity index (χ1v) is 17.8. The van der Waals surface area contributed by atoms with E-state index < -0.39 is 84.0 Å². The number of carbonyl (C=O) groups excluding carboxylic acids is 7. The Bertz CT molecular complexity index is 1590. The molecule has 0 spiro atoms. The van der Waals surface area contributed by atoms with Crippen LogP contribution in [-0.4, -0.2) is 100 Å².